The molecule has 0 spiro atoms. The molecule has 1 N–H and O–H groups in total. The van der Waals surface area contributed by atoms with Crippen LogP contribution in [0.3, 0.4) is 0 Å². The summed E-state index contributed by atoms with van der Waals surface area (Å²) in [6.45, 7) is 16.3. The predicted molar refractivity (Wildman–Crippen MR) is 137 cm³/mol. The Morgan fingerprint density at radius 3 is 1.72 bits per heavy atom. The first-order valence-electron chi connectivity index (χ1n) is 11.8. The molecule has 10 heteroatoms. The molecule has 0 saturated heterocycles. The van der Waals surface area contributed by atoms with Crippen molar-refractivity contribution in [3.05, 3.63) is 42.5 Å². The maximum absolute atomic E-state index is 11.9. The first-order valence-corrected chi connectivity index (χ1v) is 13.3. The molecule has 0 aliphatic rings. The molecule has 0 aliphatic heterocycles. The molecule has 0 unspecified atom stereocenters. The second kappa shape index (κ2) is 15.4. The summed E-state index contributed by atoms with van der Waals surface area (Å²) in [6.07, 6.45) is 1.37. The van der Waals surface area contributed by atoms with E-state index in [1.54, 1.807) is 39.0 Å². The lowest BCUT2D eigenvalue weighted by molar-refractivity contribution is -0.158. The van der Waals surface area contributed by atoms with Crippen molar-refractivity contribution in [3.8, 4) is 0 Å². The van der Waals surface area contributed by atoms with Crippen molar-refractivity contribution in [2.24, 2.45) is 10.8 Å². The van der Waals surface area contributed by atoms with Gasteiger partial charge in [-0.25, -0.2) is 17.9 Å². The average Bonchev–Trinajstić information content (AvgIpc) is 2.84. The summed E-state index contributed by atoms with van der Waals surface area (Å²) in [6, 6.07) is 8.06. The molecule has 1 aromatic rings. The van der Waals surface area contributed by atoms with Gasteiger partial charge in [0.05, 0.1) is 15.7 Å². The topological polar surface area (TPSA) is 125 Å². The molecule has 0 atom stereocenters. The number of esters is 3. The quantitative estimate of drug-likeness (QED) is 0.176. The minimum atomic E-state index is -3.54. The number of ether oxygens (including phenoxy) is 3. The Labute approximate surface area is 215 Å². The number of hydrogen-bond donors (Lipinski definition) is 1. The van der Waals surface area contributed by atoms with Crippen LogP contribution in [0, 0.1) is 10.8 Å². The van der Waals surface area contributed by atoms with E-state index >= 15 is 0 Å². The highest BCUT2D eigenvalue weighted by atomic mass is 32.2. The standard InChI is InChI=1S/C14H21NO4S.C12H20O4/c1-4-14(2,3)13(16)19-11-10-15-20(17,18)12-8-6-5-7-9-12;1-6-12(4,5)11(14)16-8-7-15-10(13)9(2)3/h5-9,15H,4,10-11H2,1-3H3;2,6-8H2,1,3-5H3. The SMILES string of the molecule is C=C(C)C(=O)OCCOC(=O)C(C)(C)CC.CCC(C)(C)C(=O)OCCNS(=O)(=O)c1ccccc1. The van der Waals surface area contributed by atoms with Crippen LogP contribution in [0.25, 0.3) is 0 Å². The van der Waals surface area contributed by atoms with Crippen molar-refractivity contribution < 1.29 is 37.0 Å². The van der Waals surface area contributed by atoms with E-state index in [2.05, 4.69) is 11.3 Å². The average molecular weight is 528 g/mol. The fourth-order valence-electron chi connectivity index (χ4n) is 2.07. The third kappa shape index (κ3) is 12.3. The Morgan fingerprint density at radius 1 is 0.833 bits per heavy atom. The second-order valence-electron chi connectivity index (χ2n) is 9.37. The summed E-state index contributed by atoms with van der Waals surface area (Å²) < 4.78 is 41.0. The molecule has 9 nitrogen and oxygen atoms in total. The number of sulfonamides is 1. The molecule has 204 valence electrons. The van der Waals surface area contributed by atoms with Gasteiger partial charge in [-0.1, -0.05) is 38.6 Å². The predicted octanol–water partition coefficient (Wildman–Crippen LogP) is 4.03. The van der Waals surface area contributed by atoms with Crippen molar-refractivity contribution >= 4 is 27.9 Å². The summed E-state index contributed by atoms with van der Waals surface area (Å²) in [5, 5.41) is 0. The van der Waals surface area contributed by atoms with E-state index in [0.717, 1.165) is 0 Å². The maximum Gasteiger partial charge on any atom is 0.333 e. The summed E-state index contributed by atoms with van der Waals surface area (Å²) in [7, 11) is -3.54. The van der Waals surface area contributed by atoms with Crippen LogP contribution < -0.4 is 4.72 Å². The first-order chi connectivity index (χ1) is 16.6. The van der Waals surface area contributed by atoms with Gasteiger partial charge in [0.25, 0.3) is 0 Å². The Morgan fingerprint density at radius 2 is 1.28 bits per heavy atom. The zero-order valence-electron chi connectivity index (χ0n) is 22.5. The van der Waals surface area contributed by atoms with Gasteiger partial charge in [0.1, 0.15) is 19.8 Å². The van der Waals surface area contributed by atoms with Crippen molar-refractivity contribution in [3.63, 3.8) is 0 Å². The molecular formula is C26H41NO8S. The van der Waals surface area contributed by atoms with Gasteiger partial charge >= 0.3 is 17.9 Å². The lowest BCUT2D eigenvalue weighted by Crippen LogP contribution is -2.31. The van der Waals surface area contributed by atoms with Crippen molar-refractivity contribution in [1.82, 2.24) is 4.72 Å². The second-order valence-corrected chi connectivity index (χ2v) is 11.1. The number of nitrogens with one attached hydrogen (secondary N) is 1. The van der Waals surface area contributed by atoms with Crippen molar-refractivity contribution in [1.29, 1.82) is 0 Å². The summed E-state index contributed by atoms with van der Waals surface area (Å²) in [5.41, 5.74) is -0.698. The van der Waals surface area contributed by atoms with Gasteiger partial charge in [0, 0.05) is 12.1 Å². The van der Waals surface area contributed by atoms with Gasteiger partial charge in [-0.15, -0.1) is 0 Å². The molecule has 0 fully saturated rings. The van der Waals surface area contributed by atoms with E-state index in [-0.39, 0.29) is 43.2 Å². The highest BCUT2D eigenvalue weighted by molar-refractivity contribution is 7.89. The van der Waals surface area contributed by atoms with Crippen LogP contribution in [-0.2, 0) is 38.6 Å². The molecule has 1 aromatic carbocycles. The van der Waals surface area contributed by atoms with E-state index in [1.165, 1.54) is 12.1 Å². The van der Waals surface area contributed by atoms with Gasteiger partial charge in [-0.3, -0.25) is 9.59 Å². The molecule has 0 saturated carbocycles. The summed E-state index contributed by atoms with van der Waals surface area (Å²) in [5.74, 6) is -1.06. The van der Waals surface area contributed by atoms with Crippen LogP contribution in [0.4, 0.5) is 0 Å². The molecular weight excluding hydrogens is 486 g/mol. The zero-order chi connectivity index (χ0) is 28.0. The first kappa shape index (κ1) is 33.3. The fourth-order valence-corrected chi connectivity index (χ4v) is 3.11. The molecule has 1 rings (SSSR count). The van der Waals surface area contributed by atoms with Crippen LogP contribution in [0.5, 0.6) is 0 Å². The molecule has 0 radical (unpaired) electrons. The van der Waals surface area contributed by atoms with E-state index < -0.39 is 26.8 Å². The van der Waals surface area contributed by atoms with Gasteiger partial charge in [0.2, 0.25) is 10.0 Å². The van der Waals surface area contributed by atoms with Crippen molar-refractivity contribution in [2.45, 2.75) is 66.2 Å². The highest BCUT2D eigenvalue weighted by Crippen LogP contribution is 2.22. The number of hydrogen-bond acceptors (Lipinski definition) is 8. The molecule has 0 aromatic heterocycles. The van der Waals surface area contributed by atoms with E-state index in [1.807, 2.05) is 27.7 Å². The summed E-state index contributed by atoms with van der Waals surface area (Å²) >= 11 is 0. The highest BCUT2D eigenvalue weighted by Gasteiger charge is 2.27. The lowest BCUT2D eigenvalue weighted by atomic mass is 9.91. The van der Waals surface area contributed by atoms with E-state index in [4.69, 9.17) is 14.2 Å². The van der Waals surface area contributed by atoms with Crippen LogP contribution >= 0.6 is 0 Å². The Balaban J connectivity index is 0.000000700. The number of rotatable bonds is 13. The van der Waals surface area contributed by atoms with Crippen molar-refractivity contribution in [2.75, 3.05) is 26.4 Å². The monoisotopic (exact) mass is 527 g/mol. The van der Waals surface area contributed by atoms with Crippen LogP contribution in [0.15, 0.2) is 47.4 Å². The lowest BCUT2D eigenvalue weighted by Gasteiger charge is -2.20. The summed E-state index contributed by atoms with van der Waals surface area (Å²) in [4.78, 5) is 34.4. The third-order valence-corrected chi connectivity index (χ3v) is 6.93. The zero-order valence-corrected chi connectivity index (χ0v) is 23.3. The molecule has 0 bridgehead atoms. The minimum absolute atomic E-state index is 0.0221. The van der Waals surface area contributed by atoms with Gasteiger partial charge in [-0.2, -0.15) is 0 Å². The van der Waals surface area contributed by atoms with Crippen LogP contribution in [0.1, 0.15) is 61.3 Å². The Kier molecular flexibility index (Phi) is 14.2. The van der Waals surface area contributed by atoms with Gasteiger partial charge < -0.3 is 14.2 Å². The largest absolute Gasteiger partial charge is 0.464 e. The molecule has 0 aliphatic carbocycles. The van der Waals surface area contributed by atoms with Gasteiger partial charge in [-0.05, 0) is 59.6 Å². The number of carbonyl (C=O) groups excluding carboxylic acids is 3. The van der Waals surface area contributed by atoms with Crippen LogP contribution in [-0.4, -0.2) is 52.7 Å². The van der Waals surface area contributed by atoms with Gasteiger partial charge in [0.15, 0.2) is 0 Å². The fraction of sp³-hybridized carbons (Fsp3) is 0.577. The minimum Gasteiger partial charge on any atom is -0.464 e. The molecule has 0 amide bonds. The van der Waals surface area contributed by atoms with E-state index in [9.17, 15) is 22.8 Å². The number of carbonyl (C=O) groups is 3. The van der Waals surface area contributed by atoms with E-state index in [0.29, 0.717) is 18.4 Å². The number of benzene rings is 1. The normalized spacial score (nSPS) is 11.5. The smallest absolute Gasteiger partial charge is 0.333 e. The molecule has 36 heavy (non-hydrogen) atoms. The maximum atomic E-state index is 11.9. The Bertz CT molecular complexity index is 969. The Hall–Kier alpha value is -2.72. The molecule has 0 heterocycles. The van der Waals surface area contributed by atoms with Crippen LogP contribution in [0.2, 0.25) is 0 Å². The third-order valence-electron chi connectivity index (χ3n) is 5.45.